The van der Waals surface area contributed by atoms with E-state index >= 15 is 0 Å². The Balaban J connectivity index is 2.66. The number of carboxylic acids is 3. The third-order valence-corrected chi connectivity index (χ3v) is 11.2. The van der Waals surface area contributed by atoms with E-state index in [2.05, 4.69) is 47.9 Å². The number of ether oxygens (including phenoxy) is 1. The summed E-state index contributed by atoms with van der Waals surface area (Å²) in [4.78, 5) is 169. The van der Waals surface area contributed by atoms with E-state index in [4.69, 9.17) is 16.2 Å². The molecule has 0 radical (unpaired) electrons. The van der Waals surface area contributed by atoms with Crippen LogP contribution in [0.3, 0.4) is 0 Å². The van der Waals surface area contributed by atoms with Crippen molar-refractivity contribution in [2.45, 2.75) is 120 Å². The lowest BCUT2D eigenvalue weighted by Gasteiger charge is -2.29. The minimum absolute atomic E-state index is 0.0576. The van der Waals surface area contributed by atoms with Gasteiger partial charge in [-0.15, -0.1) is 0 Å². The minimum atomic E-state index is -1.95. The number of hydrogen-bond acceptors (Lipinski definition) is 19. The second kappa shape index (κ2) is 30.9. The van der Waals surface area contributed by atoms with Crippen LogP contribution in [0.1, 0.15) is 71.0 Å². The van der Waals surface area contributed by atoms with Gasteiger partial charge in [0.15, 0.2) is 0 Å². The molecule has 1 aromatic carbocycles. The molecule has 11 unspecified atom stereocenters. The summed E-state index contributed by atoms with van der Waals surface area (Å²) in [6.45, 7) is 0.620. The molecule has 75 heavy (non-hydrogen) atoms. The summed E-state index contributed by atoms with van der Waals surface area (Å²) in [5.41, 5.74) is 12.3. The first kappa shape index (κ1) is 63.1. The van der Waals surface area contributed by atoms with Crippen LogP contribution in [-0.4, -0.2) is 190 Å². The van der Waals surface area contributed by atoms with E-state index in [1.807, 2.05) is 5.32 Å². The van der Waals surface area contributed by atoms with Crippen molar-refractivity contribution in [3.63, 3.8) is 0 Å². The van der Waals surface area contributed by atoms with Gasteiger partial charge in [-0.1, -0.05) is 25.1 Å². The molecule has 1 aromatic rings. The number of para-hydroxylation sites is 1. The number of rotatable bonds is 15. The molecule has 31 nitrogen and oxygen atoms in total. The van der Waals surface area contributed by atoms with Crippen molar-refractivity contribution in [1.29, 1.82) is 0 Å². The number of aliphatic carboxylic acids is 3. The fourth-order valence-corrected chi connectivity index (χ4v) is 7.03. The number of carbonyl (C=O) groups is 13. The van der Waals surface area contributed by atoms with Gasteiger partial charge in [-0.05, 0) is 52.3 Å². The molecule has 1 saturated heterocycles. The van der Waals surface area contributed by atoms with Crippen molar-refractivity contribution in [3.05, 3.63) is 29.8 Å². The van der Waals surface area contributed by atoms with Crippen molar-refractivity contribution in [2.75, 3.05) is 39.0 Å². The highest BCUT2D eigenvalue weighted by Gasteiger charge is 2.38. The number of anilines is 1. The zero-order valence-corrected chi connectivity index (χ0v) is 41.3. The molecule has 0 saturated carbocycles. The molecular weight excluding hydrogens is 1000 g/mol. The Bertz CT molecular complexity index is 2270. The highest BCUT2D eigenvalue weighted by Crippen LogP contribution is 2.25. The minimum Gasteiger partial charge on any atom is -0.481 e. The van der Waals surface area contributed by atoms with Crippen LogP contribution in [0.15, 0.2) is 24.3 Å². The van der Waals surface area contributed by atoms with E-state index in [1.165, 1.54) is 31.2 Å². The van der Waals surface area contributed by atoms with Crippen LogP contribution in [0.4, 0.5) is 5.69 Å². The van der Waals surface area contributed by atoms with Crippen LogP contribution in [0.2, 0.25) is 0 Å². The molecule has 1 aliphatic heterocycles. The molecule has 9 amide bonds. The van der Waals surface area contributed by atoms with Crippen molar-refractivity contribution in [2.24, 2.45) is 11.7 Å². The second-order valence-corrected chi connectivity index (χ2v) is 17.3. The van der Waals surface area contributed by atoms with Gasteiger partial charge >= 0.3 is 23.9 Å². The Morgan fingerprint density at radius 2 is 1.20 bits per heavy atom. The third-order valence-electron chi connectivity index (χ3n) is 11.2. The van der Waals surface area contributed by atoms with E-state index < -0.39 is 189 Å². The normalized spacial score (nSPS) is 25.8. The standard InChI is InChI=1S/C44H66N12O19/c1-19(12-32(61)62)36-43(73)55-27(13-29(58)22-8-5-6-9-23(22)45)44(74)75-21(3)35(46)42(72)49-17-30(59)51-24(10-7-11-47-4)39(69)54-26(15-34(65)66)40(70)50-20(2)37(67)53-25(14-33(63)64)38(68)48-16-31(60)52-28(18-57)41(71)56-36/h5-6,8-9,19-21,24-29,35-36,47,57-58H,7,10-18,45-46H2,1-4H3,(H,48,68)(H,49,72)(H,50,70)(H,51,59)(H,52,60)(H,53,67)(H,54,69)(H,55,73)(H,56,71)(H,61,62)(H,63,64)(H,65,66). The first-order valence-electron chi connectivity index (χ1n) is 23.2. The van der Waals surface area contributed by atoms with E-state index in [0.29, 0.717) is 6.54 Å². The summed E-state index contributed by atoms with van der Waals surface area (Å²) in [5, 5.41) is 72.3. The molecular formula is C44H66N12O19. The molecule has 416 valence electrons. The van der Waals surface area contributed by atoms with Crippen LogP contribution in [0, 0.1) is 5.92 Å². The number of nitrogens with one attached hydrogen (secondary N) is 10. The average molecular weight is 1070 g/mol. The first-order valence-corrected chi connectivity index (χ1v) is 23.2. The number of nitrogens with two attached hydrogens (primary N) is 2. The molecule has 1 aliphatic rings. The maximum atomic E-state index is 14.1. The van der Waals surface area contributed by atoms with Gasteiger partial charge in [0.05, 0.1) is 45.1 Å². The number of cyclic esters (lactones) is 1. The zero-order valence-electron chi connectivity index (χ0n) is 41.3. The van der Waals surface area contributed by atoms with E-state index in [-0.39, 0.29) is 24.1 Å². The lowest BCUT2D eigenvalue weighted by Crippen LogP contribution is -2.60. The highest BCUT2D eigenvalue weighted by atomic mass is 16.5. The van der Waals surface area contributed by atoms with Gasteiger partial charge in [-0.3, -0.25) is 57.5 Å². The maximum Gasteiger partial charge on any atom is 0.329 e. The summed E-state index contributed by atoms with van der Waals surface area (Å²) in [7, 11) is 1.58. The number of nitrogen functional groups attached to an aromatic ring is 1. The summed E-state index contributed by atoms with van der Waals surface area (Å²) in [6, 6.07) is -8.62. The number of amides is 9. The number of esters is 1. The largest absolute Gasteiger partial charge is 0.481 e. The highest BCUT2D eigenvalue weighted by molar-refractivity contribution is 5.99. The Morgan fingerprint density at radius 1 is 0.680 bits per heavy atom. The van der Waals surface area contributed by atoms with E-state index in [0.717, 1.165) is 13.8 Å². The lowest BCUT2D eigenvalue weighted by molar-refractivity contribution is -0.156. The maximum absolute atomic E-state index is 14.1. The molecule has 0 bridgehead atoms. The summed E-state index contributed by atoms with van der Waals surface area (Å²) < 4.78 is 5.44. The molecule has 2 rings (SSSR count). The Labute approximate surface area is 428 Å². The number of carbonyl (C=O) groups excluding carboxylic acids is 10. The molecule has 1 fully saturated rings. The predicted octanol–water partition coefficient (Wildman–Crippen LogP) is -7.34. The number of hydrogen-bond donors (Lipinski definition) is 17. The molecule has 19 N–H and O–H groups in total. The molecule has 1 heterocycles. The van der Waals surface area contributed by atoms with Gasteiger partial charge in [-0.25, -0.2) is 4.79 Å². The Hall–Kier alpha value is -8.03. The van der Waals surface area contributed by atoms with Crippen molar-refractivity contribution in [1.82, 2.24) is 53.2 Å². The first-order chi connectivity index (χ1) is 35.2. The number of aliphatic hydroxyl groups excluding tert-OH is 2. The number of carboxylic acid groups (broad SMARTS) is 3. The molecule has 31 heteroatoms. The zero-order chi connectivity index (χ0) is 56.7. The summed E-state index contributed by atoms with van der Waals surface area (Å²) >= 11 is 0. The fraction of sp³-hybridized carbons (Fsp3) is 0.568. The summed E-state index contributed by atoms with van der Waals surface area (Å²) in [6.07, 6.45) is -6.77. The van der Waals surface area contributed by atoms with Crippen LogP contribution in [-0.2, 0) is 67.1 Å². The molecule has 0 aromatic heterocycles. The van der Waals surface area contributed by atoms with E-state index in [1.54, 1.807) is 7.05 Å². The van der Waals surface area contributed by atoms with Gasteiger partial charge in [0, 0.05) is 17.7 Å². The molecule has 11 atom stereocenters. The second-order valence-electron chi connectivity index (χ2n) is 17.3. The fourth-order valence-electron chi connectivity index (χ4n) is 7.03. The van der Waals surface area contributed by atoms with Crippen molar-refractivity contribution in [3.8, 4) is 0 Å². The van der Waals surface area contributed by atoms with E-state index in [9.17, 15) is 87.9 Å². The Morgan fingerprint density at radius 3 is 1.76 bits per heavy atom. The summed E-state index contributed by atoms with van der Waals surface area (Å²) in [5.74, 6) is -18.2. The SMILES string of the molecule is CNCCCC1NC(=O)CNC(=O)C(N)C(C)OC(=O)C(CC(O)c2ccccc2N)NC(=O)C(C(C)CC(=O)O)NC(=O)C(CO)NC(=O)CNC(=O)C(CC(=O)O)NC(=O)C(C)NC(=O)C(CC(=O)O)NC1=O. The van der Waals surface area contributed by atoms with Gasteiger partial charge in [0.2, 0.25) is 53.2 Å². The predicted molar refractivity (Wildman–Crippen MR) is 255 cm³/mol. The van der Waals surface area contributed by atoms with Crippen LogP contribution in [0.25, 0.3) is 0 Å². The third kappa shape index (κ3) is 21.5. The lowest BCUT2D eigenvalue weighted by atomic mass is 9.95. The van der Waals surface area contributed by atoms with Gasteiger partial charge < -0.3 is 94.9 Å². The van der Waals surface area contributed by atoms with Gasteiger partial charge in [-0.2, -0.15) is 0 Å². The van der Waals surface area contributed by atoms with Gasteiger partial charge in [0.25, 0.3) is 0 Å². The van der Waals surface area contributed by atoms with Crippen molar-refractivity contribution >= 4 is 82.7 Å². The monoisotopic (exact) mass is 1070 g/mol. The smallest absolute Gasteiger partial charge is 0.329 e. The topological polar surface area (TPSA) is 505 Å². The quantitative estimate of drug-likeness (QED) is 0.0441. The number of benzene rings is 1. The Kier molecular flexibility index (Phi) is 26.0. The number of aliphatic hydroxyl groups is 2. The van der Waals surface area contributed by atoms with Gasteiger partial charge in [0.1, 0.15) is 54.4 Å². The van der Waals surface area contributed by atoms with Crippen molar-refractivity contribution < 1.29 is 92.6 Å². The van der Waals surface area contributed by atoms with Crippen LogP contribution < -0.4 is 64.6 Å². The van der Waals surface area contributed by atoms with Crippen LogP contribution in [0.5, 0.6) is 0 Å². The molecule has 0 aliphatic carbocycles. The molecule has 0 spiro atoms. The average Bonchev–Trinajstić information content (AvgIpc) is 3.33. The van der Waals surface area contributed by atoms with Crippen LogP contribution >= 0.6 is 0 Å².